The summed E-state index contributed by atoms with van der Waals surface area (Å²) in [6.07, 6.45) is 25.1. The lowest BCUT2D eigenvalue weighted by Crippen LogP contribution is -2.31. The second-order valence-electron chi connectivity index (χ2n) is 10.8. The Morgan fingerprint density at radius 2 is 1.27 bits per heavy atom. The molecule has 0 saturated heterocycles. The highest BCUT2D eigenvalue weighted by atomic mass is 19.1. The second kappa shape index (κ2) is 13.2. The number of ether oxygens (including phenoxy) is 1. The van der Waals surface area contributed by atoms with E-state index in [2.05, 4.69) is 13.0 Å². The molecule has 3 aliphatic rings. The number of rotatable bonds is 10. The third-order valence-electron chi connectivity index (χ3n) is 8.79. The molecule has 0 radical (unpaired) electrons. The molecule has 0 aromatic carbocycles. The molecule has 0 N–H and O–H groups in total. The summed E-state index contributed by atoms with van der Waals surface area (Å²) in [5.74, 6) is 4.92. The first-order valence-electron chi connectivity index (χ1n) is 13.6. The van der Waals surface area contributed by atoms with Gasteiger partial charge in [-0.3, -0.25) is 0 Å². The predicted molar refractivity (Wildman–Crippen MR) is 126 cm³/mol. The largest absolute Gasteiger partial charge is 0.378 e. The lowest BCUT2D eigenvalue weighted by atomic mass is 9.65. The van der Waals surface area contributed by atoms with Crippen LogP contribution in [0, 0.1) is 29.6 Å². The minimum Gasteiger partial charge on any atom is -0.378 e. The lowest BCUT2D eigenvalue weighted by Gasteiger charge is -2.41. The van der Waals surface area contributed by atoms with Gasteiger partial charge in [0, 0.05) is 6.61 Å². The van der Waals surface area contributed by atoms with Crippen molar-refractivity contribution in [3.63, 3.8) is 0 Å². The summed E-state index contributed by atoms with van der Waals surface area (Å²) < 4.78 is 19.3. The summed E-state index contributed by atoms with van der Waals surface area (Å²) in [6, 6.07) is 0. The van der Waals surface area contributed by atoms with Crippen LogP contribution in [0.3, 0.4) is 0 Å². The van der Waals surface area contributed by atoms with Gasteiger partial charge < -0.3 is 4.74 Å². The van der Waals surface area contributed by atoms with Gasteiger partial charge in [0.2, 0.25) is 0 Å². The van der Waals surface area contributed by atoms with Crippen molar-refractivity contribution in [1.29, 1.82) is 0 Å². The number of alkyl halides is 1. The first-order chi connectivity index (χ1) is 14.7. The molecule has 0 bridgehead atoms. The van der Waals surface area contributed by atoms with Crippen LogP contribution in [0.15, 0.2) is 12.2 Å². The van der Waals surface area contributed by atoms with Crippen LogP contribution in [0.2, 0.25) is 0 Å². The highest BCUT2D eigenvalue weighted by Crippen LogP contribution is 2.45. The van der Waals surface area contributed by atoms with E-state index in [1.807, 2.05) is 6.92 Å². The fourth-order valence-corrected chi connectivity index (χ4v) is 6.76. The Bertz CT molecular complexity index is 465. The molecular formula is C28H49FO. The molecule has 1 atom stereocenters. The summed E-state index contributed by atoms with van der Waals surface area (Å²) in [4.78, 5) is 0. The summed E-state index contributed by atoms with van der Waals surface area (Å²) in [7, 11) is 0. The Morgan fingerprint density at radius 3 is 1.77 bits per heavy atom. The van der Waals surface area contributed by atoms with E-state index in [0.717, 1.165) is 49.0 Å². The van der Waals surface area contributed by atoms with Crippen molar-refractivity contribution in [1.82, 2.24) is 0 Å². The van der Waals surface area contributed by atoms with Crippen LogP contribution < -0.4 is 0 Å². The van der Waals surface area contributed by atoms with Crippen molar-refractivity contribution in [3.8, 4) is 0 Å². The number of hydrogen-bond donors (Lipinski definition) is 0. The molecule has 1 unspecified atom stereocenters. The zero-order valence-electron chi connectivity index (χ0n) is 20.0. The maximum Gasteiger partial charge on any atom is 0.118 e. The van der Waals surface area contributed by atoms with Crippen molar-refractivity contribution in [3.05, 3.63) is 12.2 Å². The summed E-state index contributed by atoms with van der Waals surface area (Å²) in [5.41, 5.74) is 0. The van der Waals surface area contributed by atoms with E-state index in [4.69, 9.17) is 4.74 Å². The molecule has 1 nitrogen and oxygen atoms in total. The van der Waals surface area contributed by atoms with Gasteiger partial charge in [-0.1, -0.05) is 38.8 Å². The van der Waals surface area contributed by atoms with E-state index >= 15 is 0 Å². The summed E-state index contributed by atoms with van der Waals surface area (Å²) in [6.45, 7) is 5.08. The van der Waals surface area contributed by atoms with E-state index in [9.17, 15) is 4.39 Å². The van der Waals surface area contributed by atoms with Gasteiger partial charge in [-0.15, -0.1) is 0 Å². The SMILES string of the molecule is CCCOC1CCC(C2CCC(C3CCC(CCC=CC(F)CC)CC3)CC2)CC1. The molecule has 3 saturated carbocycles. The normalized spacial score (nSPS) is 36.8. The smallest absolute Gasteiger partial charge is 0.118 e. The quantitative estimate of drug-likeness (QED) is 0.321. The highest BCUT2D eigenvalue weighted by molar-refractivity contribution is 4.90. The molecule has 0 aromatic rings. The van der Waals surface area contributed by atoms with Crippen molar-refractivity contribution in [2.24, 2.45) is 29.6 Å². The topological polar surface area (TPSA) is 9.23 Å². The maximum atomic E-state index is 13.3. The van der Waals surface area contributed by atoms with E-state index in [0.29, 0.717) is 12.5 Å². The van der Waals surface area contributed by atoms with Crippen molar-refractivity contribution >= 4 is 0 Å². The van der Waals surface area contributed by atoms with Crippen LogP contribution in [0.25, 0.3) is 0 Å². The molecule has 0 aliphatic heterocycles. The highest BCUT2D eigenvalue weighted by Gasteiger charge is 2.34. The Balaban J connectivity index is 1.29. The van der Waals surface area contributed by atoms with E-state index in [1.54, 1.807) is 6.08 Å². The van der Waals surface area contributed by atoms with Gasteiger partial charge in [0.25, 0.3) is 0 Å². The molecule has 30 heavy (non-hydrogen) atoms. The molecule has 3 fully saturated rings. The molecule has 3 aliphatic carbocycles. The molecule has 0 aromatic heterocycles. The zero-order chi connectivity index (χ0) is 21.2. The minimum absolute atomic E-state index is 0.563. The minimum atomic E-state index is -0.736. The monoisotopic (exact) mass is 420 g/mol. The Kier molecular flexibility index (Phi) is 10.7. The van der Waals surface area contributed by atoms with Crippen LogP contribution in [0.4, 0.5) is 4.39 Å². The van der Waals surface area contributed by atoms with Gasteiger partial charge in [0.15, 0.2) is 0 Å². The van der Waals surface area contributed by atoms with Crippen LogP contribution in [-0.4, -0.2) is 18.9 Å². The molecule has 174 valence electrons. The fourth-order valence-electron chi connectivity index (χ4n) is 6.76. The van der Waals surface area contributed by atoms with E-state index in [-0.39, 0.29) is 0 Å². The zero-order valence-corrected chi connectivity index (χ0v) is 20.0. The predicted octanol–water partition coefficient (Wildman–Crippen LogP) is 8.67. The first-order valence-corrected chi connectivity index (χ1v) is 13.6. The Morgan fingerprint density at radius 1 is 0.767 bits per heavy atom. The van der Waals surface area contributed by atoms with Gasteiger partial charge in [0.05, 0.1) is 6.10 Å². The molecule has 0 heterocycles. The average molecular weight is 421 g/mol. The number of halogens is 1. The maximum absolute atomic E-state index is 13.3. The molecule has 3 rings (SSSR count). The van der Waals surface area contributed by atoms with Gasteiger partial charge >= 0.3 is 0 Å². The fraction of sp³-hybridized carbons (Fsp3) is 0.929. The standard InChI is InChI=1S/C28H49FO/c1-3-21-30-28-19-17-26(18-20-28)25-15-13-24(14-16-25)23-11-9-22(10-12-23)7-5-6-8-27(29)4-2/h6,8,22-28H,3-5,7,9-21H2,1-2H3. The van der Waals surface area contributed by atoms with Gasteiger partial charge in [-0.05, 0) is 119 Å². The van der Waals surface area contributed by atoms with Crippen LogP contribution in [0.5, 0.6) is 0 Å². The van der Waals surface area contributed by atoms with Crippen LogP contribution in [-0.2, 0) is 4.74 Å². The number of allylic oxidation sites excluding steroid dienone is 2. The average Bonchev–Trinajstić information content (AvgIpc) is 2.81. The van der Waals surface area contributed by atoms with Crippen molar-refractivity contribution in [2.75, 3.05) is 6.61 Å². The van der Waals surface area contributed by atoms with Crippen LogP contribution >= 0.6 is 0 Å². The van der Waals surface area contributed by atoms with Crippen LogP contribution in [0.1, 0.15) is 117 Å². The molecule has 0 amide bonds. The summed E-state index contributed by atoms with van der Waals surface area (Å²) in [5, 5.41) is 0. The van der Waals surface area contributed by atoms with Gasteiger partial charge in [-0.2, -0.15) is 0 Å². The van der Waals surface area contributed by atoms with Gasteiger partial charge in [-0.25, -0.2) is 4.39 Å². The first kappa shape index (κ1) is 24.3. The van der Waals surface area contributed by atoms with E-state index < -0.39 is 6.17 Å². The third-order valence-corrected chi connectivity index (χ3v) is 8.79. The lowest BCUT2D eigenvalue weighted by molar-refractivity contribution is 0.00569. The second-order valence-corrected chi connectivity index (χ2v) is 10.8. The summed E-state index contributed by atoms with van der Waals surface area (Å²) >= 11 is 0. The van der Waals surface area contributed by atoms with E-state index in [1.165, 1.54) is 83.5 Å². The third kappa shape index (κ3) is 7.64. The van der Waals surface area contributed by atoms with Gasteiger partial charge in [0.1, 0.15) is 6.17 Å². The molecular weight excluding hydrogens is 371 g/mol. The number of hydrogen-bond acceptors (Lipinski definition) is 1. The molecule has 0 spiro atoms. The van der Waals surface area contributed by atoms with Crippen molar-refractivity contribution < 1.29 is 9.13 Å². The Labute approximate surface area is 186 Å². The Hall–Kier alpha value is -0.370. The molecule has 2 heteroatoms. The van der Waals surface area contributed by atoms with Crippen molar-refractivity contribution in [2.45, 2.75) is 129 Å².